The Morgan fingerprint density at radius 1 is 1.00 bits per heavy atom. The van der Waals surface area contributed by atoms with E-state index in [4.69, 9.17) is 4.74 Å². The molecule has 0 aliphatic rings. The van der Waals surface area contributed by atoms with Crippen LogP contribution in [0.25, 0.3) is 10.9 Å². The fraction of sp³-hybridized carbons (Fsp3) is 0.105. The van der Waals surface area contributed by atoms with E-state index in [1.165, 1.54) is 12.3 Å². The Hall–Kier alpha value is -3.75. The number of ether oxygens (including phenoxy) is 1. The van der Waals surface area contributed by atoms with Crippen molar-refractivity contribution < 1.29 is 27.9 Å². The van der Waals surface area contributed by atoms with Crippen LogP contribution >= 0.6 is 0 Å². The molecule has 7 nitrogen and oxygen atoms in total. The van der Waals surface area contributed by atoms with E-state index in [1.54, 1.807) is 18.2 Å². The third-order valence-electron chi connectivity index (χ3n) is 3.79. The van der Waals surface area contributed by atoms with Gasteiger partial charge in [0.25, 0.3) is 5.91 Å². The van der Waals surface area contributed by atoms with E-state index in [0.717, 1.165) is 17.6 Å². The zero-order valence-corrected chi connectivity index (χ0v) is 14.4. The molecule has 0 spiro atoms. The first-order chi connectivity index (χ1) is 13.4. The number of fused-ring (bicyclic) bond motifs is 1. The molecule has 0 saturated heterocycles. The van der Waals surface area contributed by atoms with Crippen molar-refractivity contribution in [2.24, 2.45) is 0 Å². The highest BCUT2D eigenvalue weighted by molar-refractivity contribution is 6.04. The quantitative estimate of drug-likeness (QED) is 0.565. The van der Waals surface area contributed by atoms with Gasteiger partial charge in [-0.05, 0) is 18.2 Å². The fourth-order valence-corrected chi connectivity index (χ4v) is 2.46. The lowest BCUT2D eigenvalue weighted by Gasteiger charge is -2.08. The minimum atomic E-state index is -1.11. The van der Waals surface area contributed by atoms with Crippen LogP contribution in [-0.4, -0.2) is 35.9 Å². The smallest absolute Gasteiger partial charge is 0.340 e. The summed E-state index contributed by atoms with van der Waals surface area (Å²) in [6.45, 7) is -1.00. The van der Waals surface area contributed by atoms with Gasteiger partial charge in [-0.15, -0.1) is 0 Å². The predicted octanol–water partition coefficient (Wildman–Crippen LogP) is 2.36. The number of H-pyrrole nitrogens is 1. The fourth-order valence-electron chi connectivity index (χ4n) is 2.46. The van der Waals surface area contributed by atoms with Crippen LogP contribution in [0.3, 0.4) is 0 Å². The van der Waals surface area contributed by atoms with Gasteiger partial charge in [-0.3, -0.25) is 9.59 Å². The molecule has 0 bridgehead atoms. The molecule has 3 N–H and O–H groups in total. The van der Waals surface area contributed by atoms with Crippen molar-refractivity contribution in [1.29, 1.82) is 0 Å². The number of nitrogens with one attached hydrogen (secondary N) is 3. The number of para-hydroxylation sites is 1. The van der Waals surface area contributed by atoms with Crippen LogP contribution in [0.15, 0.2) is 48.7 Å². The molecule has 2 aromatic carbocycles. The van der Waals surface area contributed by atoms with Crippen molar-refractivity contribution in [2.45, 2.75) is 0 Å². The third kappa shape index (κ3) is 4.50. The lowest BCUT2D eigenvalue weighted by atomic mass is 10.2. The number of aromatic amines is 1. The van der Waals surface area contributed by atoms with Gasteiger partial charge < -0.3 is 20.4 Å². The van der Waals surface area contributed by atoms with Crippen LogP contribution in [0.4, 0.5) is 14.5 Å². The number of carbonyl (C=O) groups excluding carboxylic acids is 3. The third-order valence-corrected chi connectivity index (χ3v) is 3.79. The minimum Gasteiger partial charge on any atom is -0.452 e. The first-order valence-corrected chi connectivity index (χ1v) is 8.19. The predicted molar refractivity (Wildman–Crippen MR) is 96.6 cm³/mol. The van der Waals surface area contributed by atoms with E-state index >= 15 is 0 Å². The number of benzene rings is 2. The van der Waals surface area contributed by atoms with Crippen LogP contribution in [0.5, 0.6) is 0 Å². The second-order valence-electron chi connectivity index (χ2n) is 5.78. The molecule has 9 heteroatoms. The molecular formula is C19H15F2N3O4. The van der Waals surface area contributed by atoms with E-state index in [1.807, 2.05) is 6.07 Å². The average Bonchev–Trinajstić information content (AvgIpc) is 3.11. The van der Waals surface area contributed by atoms with E-state index in [9.17, 15) is 23.2 Å². The lowest BCUT2D eigenvalue weighted by molar-refractivity contribution is -0.126. The number of amides is 2. The zero-order chi connectivity index (χ0) is 20.1. The summed E-state index contributed by atoms with van der Waals surface area (Å²) in [7, 11) is 0. The molecule has 0 unspecified atom stereocenters. The van der Waals surface area contributed by atoms with E-state index < -0.39 is 42.6 Å². The molecule has 2 amide bonds. The Morgan fingerprint density at radius 2 is 1.79 bits per heavy atom. The van der Waals surface area contributed by atoms with Gasteiger partial charge in [0.2, 0.25) is 5.91 Å². The number of hydrogen-bond acceptors (Lipinski definition) is 4. The summed E-state index contributed by atoms with van der Waals surface area (Å²) >= 11 is 0. The van der Waals surface area contributed by atoms with Gasteiger partial charge in [-0.25, -0.2) is 13.6 Å². The number of hydrogen-bond donors (Lipinski definition) is 3. The summed E-state index contributed by atoms with van der Waals surface area (Å²) in [5.74, 6) is -4.16. The molecule has 0 aliphatic carbocycles. The molecular weight excluding hydrogens is 372 g/mol. The molecule has 144 valence electrons. The Kier molecular flexibility index (Phi) is 5.64. The molecule has 1 heterocycles. The topological polar surface area (TPSA) is 100 Å². The average molecular weight is 387 g/mol. The Labute approximate surface area is 157 Å². The molecule has 3 aromatic rings. The number of esters is 1. The molecule has 1 aromatic heterocycles. The first kappa shape index (κ1) is 19.0. The van der Waals surface area contributed by atoms with Gasteiger partial charge in [-0.2, -0.15) is 0 Å². The molecule has 3 rings (SSSR count). The van der Waals surface area contributed by atoms with Crippen molar-refractivity contribution in [3.05, 3.63) is 65.9 Å². The summed E-state index contributed by atoms with van der Waals surface area (Å²) in [5.41, 5.74) is 1.09. The Morgan fingerprint density at radius 3 is 2.57 bits per heavy atom. The van der Waals surface area contributed by atoms with Crippen LogP contribution in [0.2, 0.25) is 0 Å². The summed E-state index contributed by atoms with van der Waals surface area (Å²) < 4.78 is 30.9. The standard InChI is InChI=1S/C19H15F2N3O4/c20-14-6-5-11(7-15(14)21)24-17(25)9-23-18(26)10-28-19(27)13-8-22-16-4-2-1-3-12(13)16/h1-8,22H,9-10H2,(H,23,26)(H,24,25). The number of halogens is 2. The van der Waals surface area contributed by atoms with Gasteiger partial charge in [0.15, 0.2) is 18.2 Å². The number of anilines is 1. The molecule has 0 radical (unpaired) electrons. The highest BCUT2D eigenvalue weighted by Crippen LogP contribution is 2.18. The summed E-state index contributed by atoms with van der Waals surface area (Å²) in [6.07, 6.45) is 1.49. The monoisotopic (exact) mass is 387 g/mol. The summed E-state index contributed by atoms with van der Waals surface area (Å²) in [6, 6.07) is 9.99. The van der Waals surface area contributed by atoms with Crippen LogP contribution < -0.4 is 10.6 Å². The largest absolute Gasteiger partial charge is 0.452 e. The maximum Gasteiger partial charge on any atom is 0.340 e. The molecule has 0 fully saturated rings. The van der Waals surface area contributed by atoms with Crippen molar-refractivity contribution >= 4 is 34.4 Å². The van der Waals surface area contributed by atoms with Gasteiger partial charge in [-0.1, -0.05) is 18.2 Å². The van der Waals surface area contributed by atoms with E-state index in [2.05, 4.69) is 15.6 Å². The summed E-state index contributed by atoms with van der Waals surface area (Å²) in [5, 5.41) is 5.23. The number of carbonyl (C=O) groups is 3. The van der Waals surface area contributed by atoms with E-state index in [-0.39, 0.29) is 5.69 Å². The zero-order valence-electron chi connectivity index (χ0n) is 14.4. The number of rotatable bonds is 6. The van der Waals surface area contributed by atoms with Crippen LogP contribution in [0, 0.1) is 11.6 Å². The van der Waals surface area contributed by atoms with Crippen LogP contribution in [0.1, 0.15) is 10.4 Å². The second-order valence-corrected chi connectivity index (χ2v) is 5.78. The van der Waals surface area contributed by atoms with Crippen LogP contribution in [-0.2, 0) is 14.3 Å². The summed E-state index contributed by atoms with van der Waals surface area (Å²) in [4.78, 5) is 38.5. The van der Waals surface area contributed by atoms with E-state index in [0.29, 0.717) is 10.9 Å². The normalized spacial score (nSPS) is 10.5. The second kappa shape index (κ2) is 8.30. The Bertz CT molecular complexity index is 1050. The van der Waals surface area contributed by atoms with Gasteiger partial charge in [0.05, 0.1) is 12.1 Å². The lowest BCUT2D eigenvalue weighted by Crippen LogP contribution is -2.35. The van der Waals surface area contributed by atoms with Crippen molar-refractivity contribution in [1.82, 2.24) is 10.3 Å². The molecule has 28 heavy (non-hydrogen) atoms. The highest BCUT2D eigenvalue weighted by atomic mass is 19.2. The highest BCUT2D eigenvalue weighted by Gasteiger charge is 2.15. The SMILES string of the molecule is O=C(COC(=O)c1c[nH]c2ccccc12)NCC(=O)Nc1ccc(F)c(F)c1. The van der Waals surface area contributed by atoms with Crippen molar-refractivity contribution in [3.63, 3.8) is 0 Å². The van der Waals surface area contributed by atoms with Gasteiger partial charge in [0.1, 0.15) is 0 Å². The maximum absolute atomic E-state index is 13.1. The van der Waals surface area contributed by atoms with Crippen molar-refractivity contribution in [3.8, 4) is 0 Å². The maximum atomic E-state index is 13.1. The Balaban J connectivity index is 1.45. The number of aromatic nitrogens is 1. The van der Waals surface area contributed by atoms with Gasteiger partial charge >= 0.3 is 5.97 Å². The molecule has 0 saturated carbocycles. The van der Waals surface area contributed by atoms with Gasteiger partial charge in [0, 0.05) is 28.9 Å². The minimum absolute atomic E-state index is 0.0453. The van der Waals surface area contributed by atoms with Crippen molar-refractivity contribution in [2.75, 3.05) is 18.5 Å². The molecule has 0 atom stereocenters. The molecule has 0 aliphatic heterocycles. The first-order valence-electron chi connectivity index (χ1n) is 8.19.